The van der Waals surface area contributed by atoms with E-state index in [1.54, 1.807) is 18.2 Å². The number of nitrogens with one attached hydrogen (secondary N) is 2. The maximum atomic E-state index is 15.0. The van der Waals surface area contributed by atoms with E-state index in [-0.39, 0.29) is 53.6 Å². The first-order valence-corrected chi connectivity index (χ1v) is 24.6. The third kappa shape index (κ3) is 9.85. The minimum absolute atomic E-state index is 0.0664. The van der Waals surface area contributed by atoms with Crippen molar-refractivity contribution < 1.29 is 33.2 Å². The number of likely N-dealkylation sites (N-methyl/N-ethyl adjacent to an activating group) is 1. The summed E-state index contributed by atoms with van der Waals surface area (Å²) in [4.78, 5) is 88.9. The third-order valence-electron chi connectivity index (χ3n) is 15.4. The first-order chi connectivity index (χ1) is 32.4. The molecule has 3 aromatic rings. The van der Waals surface area contributed by atoms with Gasteiger partial charge in [-0.25, -0.2) is 4.39 Å². The van der Waals surface area contributed by atoms with Crippen LogP contribution in [0.25, 0.3) is 0 Å². The van der Waals surface area contributed by atoms with Crippen LogP contribution in [0.1, 0.15) is 120 Å². The molecule has 5 heterocycles. The maximum absolute atomic E-state index is 15.0. The average Bonchev–Trinajstić information content (AvgIpc) is 4.05. The number of halogens is 1. The molecule has 9 rings (SSSR count). The van der Waals surface area contributed by atoms with Crippen molar-refractivity contribution in [1.29, 1.82) is 0 Å². The quantitative estimate of drug-likeness (QED) is 0.153. The molecule has 4 fully saturated rings. The largest absolute Gasteiger partial charge is 0.371 e. The summed E-state index contributed by atoms with van der Waals surface area (Å²) in [5.41, 5.74) is 5.87. The number of aryl methyl sites for hydroxylation is 1. The lowest BCUT2D eigenvalue weighted by molar-refractivity contribution is -0.136. The van der Waals surface area contributed by atoms with Crippen LogP contribution in [0, 0.1) is 11.7 Å². The summed E-state index contributed by atoms with van der Waals surface area (Å²) in [6, 6.07) is 19.2. The van der Waals surface area contributed by atoms with Gasteiger partial charge in [0.15, 0.2) is 0 Å². The van der Waals surface area contributed by atoms with Gasteiger partial charge in [-0.15, -0.1) is 0 Å². The Labute approximate surface area is 393 Å². The number of nitrogens with zero attached hydrogens (tertiary/aromatic N) is 6. The van der Waals surface area contributed by atoms with Gasteiger partial charge in [0.2, 0.25) is 23.6 Å². The number of amides is 6. The van der Waals surface area contributed by atoms with Crippen LogP contribution in [0.15, 0.2) is 60.7 Å². The Morgan fingerprint density at radius 2 is 1.42 bits per heavy atom. The summed E-state index contributed by atoms with van der Waals surface area (Å²) in [5.74, 6) is -1.61. The van der Waals surface area contributed by atoms with Gasteiger partial charge >= 0.3 is 0 Å². The van der Waals surface area contributed by atoms with Gasteiger partial charge in [-0.3, -0.25) is 43.9 Å². The molecule has 0 radical (unpaired) electrons. The molecule has 0 aromatic heterocycles. The smallest absolute Gasteiger partial charge is 0.262 e. The van der Waals surface area contributed by atoms with Crippen molar-refractivity contribution in [1.82, 2.24) is 30.2 Å². The molecule has 0 saturated carbocycles. The molecule has 2 unspecified atom stereocenters. The normalized spacial score (nSPS) is 23.6. The molecule has 0 spiro atoms. The predicted octanol–water partition coefficient (Wildman–Crippen LogP) is 5.27. The van der Waals surface area contributed by atoms with Crippen LogP contribution in [0.2, 0.25) is 0 Å². The summed E-state index contributed by atoms with van der Waals surface area (Å²) >= 11 is 0. The average molecular weight is 917 g/mol. The van der Waals surface area contributed by atoms with Gasteiger partial charge in [-0.05, 0) is 107 Å². The zero-order valence-electron chi connectivity index (χ0n) is 39.0. The first-order valence-electron chi connectivity index (χ1n) is 24.6. The lowest BCUT2D eigenvalue weighted by atomic mass is 9.93. The highest BCUT2D eigenvalue weighted by molar-refractivity contribution is 6.23. The van der Waals surface area contributed by atoms with Crippen molar-refractivity contribution in [3.8, 4) is 0 Å². The summed E-state index contributed by atoms with van der Waals surface area (Å²) in [6.45, 7) is 6.82. The number of hydrogen-bond acceptors (Lipinski definition) is 10. The van der Waals surface area contributed by atoms with E-state index in [4.69, 9.17) is 0 Å². The van der Waals surface area contributed by atoms with Crippen molar-refractivity contribution in [2.45, 2.75) is 101 Å². The van der Waals surface area contributed by atoms with Crippen LogP contribution in [0.4, 0.5) is 15.8 Å². The molecule has 2 N–H and O–H groups in total. The fourth-order valence-corrected chi connectivity index (χ4v) is 11.5. The SMILES string of the molecule is CN(C)[C@H]1CN(C2CCc3cccc(F)c32)C[C@@H]1c1ccc(N2CCN(C(=O)CCCCCCCNC(=O)C3CCN(c4ccc5c(c4)C(=O)N(C4CCC(=O)NC4=O)C5=O)CC3)CC2)cc1. The van der Waals surface area contributed by atoms with Gasteiger partial charge in [0.1, 0.15) is 11.9 Å². The van der Waals surface area contributed by atoms with Gasteiger partial charge in [0.25, 0.3) is 11.8 Å². The molecular weight excluding hydrogens is 852 g/mol. The molecule has 14 nitrogen and oxygen atoms in total. The van der Waals surface area contributed by atoms with Crippen LogP contribution >= 0.6 is 0 Å². The van der Waals surface area contributed by atoms with Crippen LogP contribution in [0.5, 0.6) is 0 Å². The maximum Gasteiger partial charge on any atom is 0.262 e. The van der Waals surface area contributed by atoms with E-state index in [0.717, 1.165) is 106 Å². The third-order valence-corrected chi connectivity index (χ3v) is 15.4. The van der Waals surface area contributed by atoms with E-state index in [9.17, 15) is 33.2 Å². The molecular formula is C52H65FN8O6. The summed E-state index contributed by atoms with van der Waals surface area (Å²) in [7, 11) is 4.31. The molecule has 15 heteroatoms. The minimum atomic E-state index is -1.00. The zero-order chi connectivity index (χ0) is 46.8. The molecule has 356 valence electrons. The summed E-state index contributed by atoms with van der Waals surface area (Å²) in [5, 5.41) is 5.34. The Morgan fingerprint density at radius 3 is 2.16 bits per heavy atom. The number of rotatable bonds is 15. The van der Waals surface area contributed by atoms with Crippen molar-refractivity contribution >= 4 is 46.8 Å². The molecule has 5 aliphatic heterocycles. The predicted molar refractivity (Wildman–Crippen MR) is 253 cm³/mol. The number of unbranched alkanes of at least 4 members (excludes halogenated alkanes) is 4. The molecule has 6 amide bonds. The number of hydrogen-bond donors (Lipinski definition) is 2. The monoisotopic (exact) mass is 917 g/mol. The number of imide groups is 2. The van der Waals surface area contributed by atoms with Crippen molar-refractivity contribution in [3.63, 3.8) is 0 Å². The fourth-order valence-electron chi connectivity index (χ4n) is 11.5. The van der Waals surface area contributed by atoms with Crippen LogP contribution in [-0.2, 0) is 25.6 Å². The van der Waals surface area contributed by atoms with E-state index >= 15 is 0 Å². The second kappa shape index (κ2) is 20.3. The van der Waals surface area contributed by atoms with E-state index < -0.39 is 29.7 Å². The lowest BCUT2D eigenvalue weighted by Gasteiger charge is -2.36. The second-order valence-corrected chi connectivity index (χ2v) is 19.7. The van der Waals surface area contributed by atoms with E-state index in [2.05, 4.69) is 74.7 Å². The number of piperazine rings is 1. The van der Waals surface area contributed by atoms with Crippen LogP contribution in [-0.4, -0.2) is 140 Å². The van der Waals surface area contributed by atoms with Crippen molar-refractivity contribution in [2.24, 2.45) is 5.92 Å². The van der Waals surface area contributed by atoms with Crippen molar-refractivity contribution in [2.75, 3.05) is 82.8 Å². The Bertz CT molecular complexity index is 2360. The van der Waals surface area contributed by atoms with Gasteiger partial charge in [0, 0.05) is 113 Å². The van der Waals surface area contributed by atoms with Crippen molar-refractivity contribution in [3.05, 3.63) is 94.3 Å². The molecule has 4 atom stereocenters. The molecule has 67 heavy (non-hydrogen) atoms. The Morgan fingerprint density at radius 1 is 0.731 bits per heavy atom. The number of fused-ring (bicyclic) bond motifs is 2. The fraction of sp³-hybridized carbons (Fsp3) is 0.538. The minimum Gasteiger partial charge on any atom is -0.371 e. The van der Waals surface area contributed by atoms with Gasteiger partial charge in [-0.1, -0.05) is 43.5 Å². The number of benzene rings is 3. The van der Waals surface area contributed by atoms with Crippen LogP contribution < -0.4 is 20.4 Å². The standard InChI is InChI=1S/C52H65FN8O6/c1-56(2)45-33-60(43-19-14-35-9-8-10-42(53)48(35)43)32-41(45)34-12-15-37(16-13-34)58-27-29-59(30-28-58)47(63)11-6-4-3-5-7-24-54-49(64)36-22-25-57(26-23-36)38-17-18-39-40(31-38)52(67)61(51(39)66)44-20-21-46(62)55-50(44)65/h8-10,12-13,15-18,31,36,41,43-45H,3-7,11,14,19-30,32-33H2,1-2H3,(H,54,64)(H,55,62,65)/t41-,43?,44?,45+/m1/s1. The molecule has 3 aromatic carbocycles. The topological polar surface area (TPSA) is 146 Å². The number of carbonyl (C=O) groups is 6. The highest BCUT2D eigenvalue weighted by atomic mass is 19.1. The number of piperidine rings is 2. The van der Waals surface area contributed by atoms with Gasteiger partial charge in [-0.2, -0.15) is 0 Å². The highest BCUT2D eigenvalue weighted by Gasteiger charge is 2.45. The Hall–Kier alpha value is -5.67. The van der Waals surface area contributed by atoms with E-state index in [1.165, 1.54) is 11.3 Å². The number of carbonyl (C=O) groups excluding carboxylic acids is 6. The number of likely N-dealkylation sites (tertiary alicyclic amines) is 1. The second-order valence-electron chi connectivity index (χ2n) is 19.7. The summed E-state index contributed by atoms with van der Waals surface area (Å²) < 4.78 is 15.0. The molecule has 6 aliphatic rings. The molecule has 0 bridgehead atoms. The number of anilines is 2. The van der Waals surface area contributed by atoms with Gasteiger partial charge in [0.05, 0.1) is 11.1 Å². The Kier molecular flexibility index (Phi) is 14.1. The first kappa shape index (κ1) is 46.4. The van der Waals surface area contributed by atoms with Crippen LogP contribution in [0.3, 0.4) is 0 Å². The lowest BCUT2D eigenvalue weighted by Crippen LogP contribution is -2.54. The van der Waals surface area contributed by atoms with Gasteiger partial charge < -0.3 is 24.9 Å². The highest BCUT2D eigenvalue weighted by Crippen LogP contribution is 2.43. The molecule has 1 aliphatic carbocycles. The molecule has 4 saturated heterocycles. The zero-order valence-corrected chi connectivity index (χ0v) is 39.0. The Balaban J connectivity index is 0.634. The van der Waals surface area contributed by atoms with E-state index in [0.29, 0.717) is 50.9 Å². The summed E-state index contributed by atoms with van der Waals surface area (Å²) in [6.07, 6.45) is 8.78. The van der Waals surface area contributed by atoms with E-state index in [1.807, 2.05) is 17.0 Å².